The molecule has 0 spiro atoms. The Kier molecular flexibility index (Phi) is 287. The van der Waals surface area contributed by atoms with Gasteiger partial charge in [-0.1, -0.05) is 0 Å². The summed E-state index contributed by atoms with van der Waals surface area (Å²) in [6.45, 7) is 11.6. The van der Waals surface area contributed by atoms with Gasteiger partial charge in [0.15, 0.2) is 0 Å². The van der Waals surface area contributed by atoms with E-state index in [-0.39, 0.29) is 72.4 Å². The molecule has 19 heavy (non-hydrogen) atoms. The summed E-state index contributed by atoms with van der Waals surface area (Å²) in [5.41, 5.74) is 0. The van der Waals surface area contributed by atoms with Gasteiger partial charge >= 0.3 is 0 Å². The molecular formula is C12H36O6Y. The van der Waals surface area contributed by atoms with E-state index in [1.165, 1.54) is 0 Å². The standard InChI is InChI=1S/6C2H6O.Y/c6*1-2-3;/h6*3H,2H2,1H3;. The molecule has 6 nitrogen and oxygen atoms in total. The number of hydrogen-bond donors (Lipinski definition) is 6. The Morgan fingerprint density at radius 1 is 0.368 bits per heavy atom. The van der Waals surface area contributed by atoms with Crippen LogP contribution in [-0.2, 0) is 32.7 Å². The fourth-order valence-electron chi connectivity index (χ4n) is 0. The van der Waals surface area contributed by atoms with Crippen LogP contribution in [0.5, 0.6) is 0 Å². The summed E-state index contributed by atoms with van der Waals surface area (Å²) in [5.74, 6) is 0. The van der Waals surface area contributed by atoms with E-state index in [1.54, 1.807) is 41.5 Å². The van der Waals surface area contributed by atoms with Crippen LogP contribution in [0.3, 0.4) is 0 Å². The Hall–Kier alpha value is 0.864. The van der Waals surface area contributed by atoms with E-state index in [9.17, 15) is 0 Å². The Labute approximate surface area is 144 Å². The van der Waals surface area contributed by atoms with Crippen molar-refractivity contribution in [3.8, 4) is 0 Å². The minimum atomic E-state index is 0. The predicted octanol–water partition coefficient (Wildman–Crippen LogP) is -0.0109. The normalized spacial score (nSPS) is 5.68. The summed E-state index contributed by atoms with van der Waals surface area (Å²) in [6.07, 6.45) is 0. The first-order chi connectivity index (χ1) is 8.49. The van der Waals surface area contributed by atoms with Crippen LogP contribution in [0.1, 0.15) is 41.5 Å². The van der Waals surface area contributed by atoms with Crippen molar-refractivity contribution in [2.24, 2.45) is 0 Å². The van der Waals surface area contributed by atoms with E-state index < -0.39 is 0 Å². The quantitative estimate of drug-likeness (QED) is 0.359. The molecular weight excluding hydrogens is 329 g/mol. The Bertz CT molecular complexity index is 37.7. The van der Waals surface area contributed by atoms with Crippen LogP contribution in [-0.4, -0.2) is 70.3 Å². The zero-order chi connectivity index (χ0) is 16.2. The molecule has 0 unspecified atom stereocenters. The fraction of sp³-hybridized carbons (Fsp3) is 1.00. The maximum atomic E-state index is 7.57. The first-order valence-electron chi connectivity index (χ1n) is 6.14. The molecule has 0 amide bonds. The minimum Gasteiger partial charge on any atom is -0.397 e. The summed E-state index contributed by atoms with van der Waals surface area (Å²) in [7, 11) is 0. The van der Waals surface area contributed by atoms with Crippen LogP contribution in [0.2, 0.25) is 0 Å². The average molecular weight is 365 g/mol. The molecule has 0 aromatic carbocycles. The predicted molar refractivity (Wildman–Crippen MR) is 76.6 cm³/mol. The van der Waals surface area contributed by atoms with E-state index in [0.29, 0.717) is 0 Å². The van der Waals surface area contributed by atoms with Gasteiger partial charge in [-0.05, 0) is 41.5 Å². The summed E-state index contributed by atoms with van der Waals surface area (Å²) < 4.78 is 0. The van der Waals surface area contributed by atoms with Crippen molar-refractivity contribution in [3.63, 3.8) is 0 Å². The largest absolute Gasteiger partial charge is 0.397 e. The van der Waals surface area contributed by atoms with E-state index in [0.717, 1.165) is 0 Å². The van der Waals surface area contributed by atoms with Crippen LogP contribution < -0.4 is 0 Å². The Morgan fingerprint density at radius 3 is 0.368 bits per heavy atom. The van der Waals surface area contributed by atoms with Crippen molar-refractivity contribution in [1.29, 1.82) is 0 Å². The van der Waals surface area contributed by atoms with Crippen LogP contribution in [0, 0.1) is 0 Å². The average Bonchev–Trinajstić information content (AvgIpc) is 2.23. The van der Waals surface area contributed by atoms with Gasteiger partial charge in [0.2, 0.25) is 0 Å². The van der Waals surface area contributed by atoms with E-state index >= 15 is 0 Å². The summed E-state index contributed by atoms with van der Waals surface area (Å²) in [6, 6.07) is 0. The van der Waals surface area contributed by atoms with Crippen LogP contribution in [0.25, 0.3) is 0 Å². The molecule has 0 saturated carbocycles. The molecule has 0 aromatic rings. The fourth-order valence-corrected chi connectivity index (χ4v) is 0. The van der Waals surface area contributed by atoms with E-state index in [4.69, 9.17) is 30.6 Å². The molecule has 123 valence electrons. The van der Waals surface area contributed by atoms with Crippen molar-refractivity contribution in [1.82, 2.24) is 0 Å². The van der Waals surface area contributed by atoms with Crippen LogP contribution in [0.4, 0.5) is 0 Å². The van der Waals surface area contributed by atoms with E-state index in [1.807, 2.05) is 0 Å². The summed E-state index contributed by atoms with van der Waals surface area (Å²) in [5, 5.41) is 45.4. The molecule has 0 aliphatic rings. The zero-order valence-electron chi connectivity index (χ0n) is 13.5. The second-order valence-corrected chi connectivity index (χ2v) is 1.90. The van der Waals surface area contributed by atoms with Gasteiger partial charge in [0.25, 0.3) is 0 Å². The molecule has 0 aromatic heterocycles. The third-order valence-corrected chi connectivity index (χ3v) is 0. The third kappa shape index (κ3) is 7190. The molecule has 1 radical (unpaired) electrons. The van der Waals surface area contributed by atoms with Gasteiger partial charge in [-0.2, -0.15) is 0 Å². The van der Waals surface area contributed by atoms with Crippen molar-refractivity contribution < 1.29 is 63.3 Å². The van der Waals surface area contributed by atoms with E-state index in [2.05, 4.69) is 0 Å². The van der Waals surface area contributed by atoms with Gasteiger partial charge in [0.05, 0.1) is 0 Å². The van der Waals surface area contributed by atoms with Crippen molar-refractivity contribution in [3.05, 3.63) is 0 Å². The number of hydrogen-bond acceptors (Lipinski definition) is 6. The van der Waals surface area contributed by atoms with Crippen molar-refractivity contribution in [2.45, 2.75) is 41.5 Å². The van der Waals surface area contributed by atoms with Crippen LogP contribution in [0.15, 0.2) is 0 Å². The first kappa shape index (κ1) is 42.7. The van der Waals surface area contributed by atoms with Gasteiger partial charge in [-0.3, -0.25) is 0 Å². The van der Waals surface area contributed by atoms with Crippen molar-refractivity contribution >= 4 is 0 Å². The minimum absolute atomic E-state index is 0. The molecule has 6 N–H and O–H groups in total. The Morgan fingerprint density at radius 2 is 0.368 bits per heavy atom. The van der Waals surface area contributed by atoms with Crippen molar-refractivity contribution in [2.75, 3.05) is 39.6 Å². The third-order valence-electron chi connectivity index (χ3n) is 0. The first-order valence-corrected chi connectivity index (χ1v) is 6.14. The summed E-state index contributed by atoms with van der Waals surface area (Å²) >= 11 is 0. The SMILES string of the molecule is CCO.CCO.CCO.CCO.CCO.CCO.[Y]. The number of rotatable bonds is 0. The molecule has 0 bridgehead atoms. The molecule has 0 aliphatic heterocycles. The number of aliphatic hydroxyl groups is 6. The van der Waals surface area contributed by atoms with Gasteiger partial charge in [-0.15, -0.1) is 0 Å². The second kappa shape index (κ2) is 128. The molecule has 7 heteroatoms. The van der Waals surface area contributed by atoms with Gasteiger partial charge < -0.3 is 30.6 Å². The molecule has 0 atom stereocenters. The molecule has 0 saturated heterocycles. The second-order valence-electron chi connectivity index (χ2n) is 1.90. The maximum Gasteiger partial charge on any atom is 0.0402 e. The zero-order valence-corrected chi connectivity index (χ0v) is 16.3. The molecule has 0 fully saturated rings. The molecule has 0 rings (SSSR count). The molecule has 0 heterocycles. The molecule has 0 aliphatic carbocycles. The maximum absolute atomic E-state index is 7.57. The monoisotopic (exact) mass is 365 g/mol. The number of aliphatic hydroxyl groups excluding tert-OH is 6. The summed E-state index contributed by atoms with van der Waals surface area (Å²) in [4.78, 5) is 0. The van der Waals surface area contributed by atoms with Gasteiger partial charge in [-0.25, -0.2) is 0 Å². The van der Waals surface area contributed by atoms with Crippen LogP contribution >= 0.6 is 0 Å². The van der Waals surface area contributed by atoms with Gasteiger partial charge in [0.1, 0.15) is 0 Å². The topological polar surface area (TPSA) is 121 Å². The smallest absolute Gasteiger partial charge is 0.0402 e. The Balaban J connectivity index is -0.0000000180. The van der Waals surface area contributed by atoms with Gasteiger partial charge in [0, 0.05) is 72.4 Å².